The molecule has 8 aliphatic carbocycles. The van der Waals surface area contributed by atoms with Crippen LogP contribution in [0.15, 0.2) is 0 Å². The predicted octanol–water partition coefficient (Wildman–Crippen LogP) is 8.60. The van der Waals surface area contributed by atoms with E-state index in [-0.39, 0.29) is 64.6 Å². The Morgan fingerprint density at radius 2 is 1.07 bits per heavy atom. The molecule has 2 N–H and O–H groups in total. The standard InChI is InChI=1S/C50H72O11/c1-23(2)32-26(34-25(5)39(51)60-40(34)52)21-30-45(6)15-11-17-48(9,43(55)56)28(45)13-19-47(30,8)37(32)59-38-33(24(3)4)27-22-31-46(7)16-12-18-49(10,44(57)58)29(46)14-20-50(31,38)36-35(27)41(53)61-42(36)54/h23-38H,11-22H2,1-10H3,(H,55,56)(H,57,58). The van der Waals surface area contributed by atoms with Crippen LogP contribution in [0.2, 0.25) is 0 Å². The number of ether oxygens (including phenoxy) is 3. The molecule has 2 heterocycles. The highest BCUT2D eigenvalue weighted by Crippen LogP contribution is 2.78. The Balaban J connectivity index is 1.24. The van der Waals surface area contributed by atoms with Gasteiger partial charge in [0.2, 0.25) is 0 Å². The average Bonchev–Trinajstić information content (AvgIpc) is 3.62. The van der Waals surface area contributed by atoms with E-state index in [1.165, 1.54) is 0 Å². The second-order valence-corrected chi connectivity index (χ2v) is 24.3. The molecule has 2 aliphatic heterocycles. The molecule has 10 fully saturated rings. The quantitative estimate of drug-likeness (QED) is 0.186. The van der Waals surface area contributed by atoms with Crippen molar-refractivity contribution < 1.29 is 53.2 Å². The molecule has 11 nitrogen and oxygen atoms in total. The summed E-state index contributed by atoms with van der Waals surface area (Å²) in [5.41, 5.74) is -3.85. The molecule has 0 aromatic carbocycles. The van der Waals surface area contributed by atoms with Gasteiger partial charge in [-0.25, -0.2) is 0 Å². The van der Waals surface area contributed by atoms with Gasteiger partial charge in [-0.2, -0.15) is 0 Å². The Morgan fingerprint density at radius 1 is 0.590 bits per heavy atom. The monoisotopic (exact) mass is 849 g/mol. The summed E-state index contributed by atoms with van der Waals surface area (Å²) in [6.07, 6.45) is 7.64. The molecule has 20 unspecified atom stereocenters. The molecular weight excluding hydrogens is 777 g/mol. The minimum absolute atomic E-state index is 0.0290. The average molecular weight is 849 g/mol. The molecule has 11 heteroatoms. The largest absolute Gasteiger partial charge is 0.481 e. The Bertz CT molecular complexity index is 1920. The van der Waals surface area contributed by atoms with Crippen molar-refractivity contribution in [3.63, 3.8) is 0 Å². The third kappa shape index (κ3) is 5.42. The first kappa shape index (κ1) is 43.4. The van der Waals surface area contributed by atoms with Gasteiger partial charge in [-0.05, 0) is 153 Å². The van der Waals surface area contributed by atoms with E-state index >= 15 is 0 Å². The number of hydrogen-bond acceptors (Lipinski definition) is 9. The van der Waals surface area contributed by atoms with E-state index in [1.807, 2.05) is 20.8 Å². The number of esters is 4. The van der Waals surface area contributed by atoms with Crippen LogP contribution in [0.4, 0.5) is 0 Å². The topological polar surface area (TPSA) is 171 Å². The van der Waals surface area contributed by atoms with E-state index < -0.39 is 98.8 Å². The van der Waals surface area contributed by atoms with E-state index in [2.05, 4.69) is 48.5 Å². The summed E-state index contributed by atoms with van der Waals surface area (Å²) in [6, 6.07) is 0. The number of aliphatic carboxylic acids is 2. The van der Waals surface area contributed by atoms with Crippen molar-refractivity contribution in [3.05, 3.63) is 0 Å². The van der Waals surface area contributed by atoms with E-state index in [9.17, 15) is 39.0 Å². The van der Waals surface area contributed by atoms with Crippen LogP contribution in [0.5, 0.6) is 0 Å². The third-order valence-electron chi connectivity index (χ3n) is 21.5. The molecule has 2 saturated heterocycles. The first-order chi connectivity index (χ1) is 28.4. The number of carboxylic acids is 2. The zero-order valence-corrected chi connectivity index (χ0v) is 38.3. The molecule has 20 atom stereocenters. The molecule has 10 rings (SSSR count). The van der Waals surface area contributed by atoms with Gasteiger partial charge in [-0.3, -0.25) is 28.8 Å². The second kappa shape index (κ2) is 13.8. The van der Waals surface area contributed by atoms with Crippen LogP contribution in [0.25, 0.3) is 0 Å². The number of fused-ring (bicyclic) bond motifs is 5. The van der Waals surface area contributed by atoms with Gasteiger partial charge in [0.15, 0.2) is 0 Å². The van der Waals surface area contributed by atoms with E-state index in [0.29, 0.717) is 32.1 Å². The Morgan fingerprint density at radius 3 is 1.59 bits per heavy atom. The van der Waals surface area contributed by atoms with Gasteiger partial charge in [-0.15, -0.1) is 0 Å². The highest BCUT2D eigenvalue weighted by Gasteiger charge is 2.79. The van der Waals surface area contributed by atoms with Gasteiger partial charge in [0.1, 0.15) is 0 Å². The SMILES string of the molecule is CC(C)C1C(C2C(=O)OC(=O)C2C)CC2C(C)(CCC3C(C)(C(=O)O)CCCC32C)C1OC1C(C(C)C)C2CC3C4(C)CCCC(C)(C(=O)O)C4CCC13C1C(=O)OC(=O)C21. The van der Waals surface area contributed by atoms with Crippen LogP contribution in [0.1, 0.15) is 146 Å². The zero-order valence-electron chi connectivity index (χ0n) is 38.3. The fourth-order valence-corrected chi connectivity index (χ4v) is 19.1. The summed E-state index contributed by atoms with van der Waals surface area (Å²) >= 11 is 0. The van der Waals surface area contributed by atoms with Crippen LogP contribution in [-0.2, 0) is 43.0 Å². The highest BCUT2D eigenvalue weighted by atomic mass is 16.6. The normalized spacial score (nSPS) is 53.7. The summed E-state index contributed by atoms with van der Waals surface area (Å²) < 4.78 is 19.4. The summed E-state index contributed by atoms with van der Waals surface area (Å²) in [6.45, 7) is 21.4. The number of carbonyl (C=O) groups excluding carboxylic acids is 4. The number of hydrogen-bond donors (Lipinski definition) is 2. The first-order valence-electron chi connectivity index (χ1n) is 24.1. The van der Waals surface area contributed by atoms with Gasteiger partial charge >= 0.3 is 35.8 Å². The van der Waals surface area contributed by atoms with E-state index in [0.717, 1.165) is 44.9 Å². The van der Waals surface area contributed by atoms with Crippen LogP contribution in [0, 0.1) is 115 Å². The van der Waals surface area contributed by atoms with Crippen molar-refractivity contribution in [1.29, 1.82) is 0 Å². The van der Waals surface area contributed by atoms with Crippen molar-refractivity contribution in [3.8, 4) is 0 Å². The summed E-state index contributed by atoms with van der Waals surface area (Å²) in [4.78, 5) is 82.0. The summed E-state index contributed by atoms with van der Waals surface area (Å²) in [5, 5.41) is 21.6. The minimum atomic E-state index is -0.910. The third-order valence-corrected chi connectivity index (χ3v) is 21.5. The maximum atomic E-state index is 14.5. The van der Waals surface area contributed by atoms with Crippen molar-refractivity contribution in [2.45, 2.75) is 158 Å². The Labute approximate surface area is 361 Å². The molecule has 338 valence electrons. The van der Waals surface area contributed by atoms with Crippen molar-refractivity contribution in [2.24, 2.45) is 115 Å². The molecule has 61 heavy (non-hydrogen) atoms. The fourth-order valence-electron chi connectivity index (χ4n) is 19.1. The number of rotatable bonds is 7. The van der Waals surface area contributed by atoms with Crippen LogP contribution < -0.4 is 0 Å². The van der Waals surface area contributed by atoms with Gasteiger partial charge in [0.05, 0.1) is 46.7 Å². The maximum Gasteiger partial charge on any atom is 0.318 e. The maximum absolute atomic E-state index is 14.5. The lowest BCUT2D eigenvalue weighted by molar-refractivity contribution is -0.324. The highest BCUT2D eigenvalue weighted by molar-refractivity contribution is 5.98. The summed E-state index contributed by atoms with van der Waals surface area (Å²) in [5.74, 6) is -6.86. The summed E-state index contributed by atoms with van der Waals surface area (Å²) in [7, 11) is 0. The number of cyclic esters (lactones) is 4. The molecule has 0 aromatic heterocycles. The smallest absolute Gasteiger partial charge is 0.318 e. The first-order valence-corrected chi connectivity index (χ1v) is 24.1. The van der Waals surface area contributed by atoms with Crippen molar-refractivity contribution in [2.75, 3.05) is 0 Å². The van der Waals surface area contributed by atoms with Crippen LogP contribution in [0.3, 0.4) is 0 Å². The molecule has 8 saturated carbocycles. The van der Waals surface area contributed by atoms with Gasteiger partial charge < -0.3 is 24.4 Å². The Hall–Kier alpha value is -2.82. The van der Waals surface area contributed by atoms with E-state index in [1.54, 1.807) is 0 Å². The van der Waals surface area contributed by atoms with Crippen LogP contribution in [-0.4, -0.2) is 58.2 Å². The second-order valence-electron chi connectivity index (χ2n) is 24.3. The number of carbonyl (C=O) groups is 6. The van der Waals surface area contributed by atoms with Gasteiger partial charge in [0, 0.05) is 5.41 Å². The van der Waals surface area contributed by atoms with Crippen LogP contribution >= 0.6 is 0 Å². The fraction of sp³-hybridized carbons (Fsp3) is 0.880. The predicted molar refractivity (Wildman–Crippen MR) is 222 cm³/mol. The molecule has 10 aliphatic rings. The molecule has 2 bridgehead atoms. The minimum Gasteiger partial charge on any atom is -0.481 e. The lowest BCUT2D eigenvalue weighted by atomic mass is 9.31. The molecule has 1 spiro atoms. The van der Waals surface area contributed by atoms with Crippen molar-refractivity contribution >= 4 is 35.8 Å². The lowest BCUT2D eigenvalue weighted by Gasteiger charge is -2.74. The van der Waals surface area contributed by atoms with Crippen molar-refractivity contribution in [1.82, 2.24) is 0 Å². The lowest BCUT2D eigenvalue weighted by Crippen LogP contribution is -2.74. The molecule has 0 radical (unpaired) electrons. The molecular formula is C50H72O11. The Kier molecular flexibility index (Phi) is 9.86. The molecule has 0 amide bonds. The van der Waals surface area contributed by atoms with E-state index in [4.69, 9.17) is 14.2 Å². The van der Waals surface area contributed by atoms with Gasteiger partial charge in [-0.1, -0.05) is 68.2 Å². The molecule has 0 aromatic rings. The number of carboxylic acid groups (broad SMARTS) is 2. The van der Waals surface area contributed by atoms with Gasteiger partial charge in [0.25, 0.3) is 0 Å². The zero-order chi connectivity index (χ0) is 44.3.